The Hall–Kier alpha value is -3.00. The van der Waals surface area contributed by atoms with E-state index >= 15 is 0 Å². The zero-order chi connectivity index (χ0) is 21.1. The van der Waals surface area contributed by atoms with E-state index in [0.29, 0.717) is 26.2 Å². The van der Waals surface area contributed by atoms with Gasteiger partial charge in [0.05, 0.1) is 6.07 Å². The number of carbonyl (C=O) groups is 1. The molecule has 0 aliphatic rings. The van der Waals surface area contributed by atoms with E-state index in [0.717, 1.165) is 23.5 Å². The molecule has 0 aromatic heterocycles. The molecule has 0 heterocycles. The van der Waals surface area contributed by atoms with Crippen molar-refractivity contribution in [1.82, 2.24) is 5.32 Å². The maximum absolute atomic E-state index is 11.3. The fraction of sp³-hybridized carbons (Fsp3) is 0.417. The summed E-state index contributed by atoms with van der Waals surface area (Å²) < 4.78 is 11.5. The molecule has 0 radical (unpaired) electrons. The molecule has 0 fully saturated rings. The Labute approximate surface area is 173 Å². The molecule has 0 aliphatic heterocycles. The fourth-order valence-electron chi connectivity index (χ4n) is 2.80. The molecule has 0 bridgehead atoms. The van der Waals surface area contributed by atoms with Crippen LogP contribution in [-0.2, 0) is 16.6 Å². The molecular formula is C24H30N2O3. The van der Waals surface area contributed by atoms with Crippen molar-refractivity contribution < 1.29 is 14.3 Å². The van der Waals surface area contributed by atoms with E-state index in [-0.39, 0.29) is 17.7 Å². The molecule has 154 valence electrons. The molecule has 2 aromatic rings. The van der Waals surface area contributed by atoms with Gasteiger partial charge >= 0.3 is 0 Å². The quantitative estimate of drug-likeness (QED) is 0.573. The number of hydrogen-bond donors (Lipinski definition) is 1. The van der Waals surface area contributed by atoms with Crippen molar-refractivity contribution in [3.05, 3.63) is 59.7 Å². The third-order valence-electron chi connectivity index (χ3n) is 5.01. The van der Waals surface area contributed by atoms with Crippen LogP contribution in [0.15, 0.2) is 48.5 Å². The SMILES string of the molecule is CCC(C)(C)c1ccc(OCCOc2cccc(CCNC(=O)CC#N)c2)cc1. The van der Waals surface area contributed by atoms with E-state index in [2.05, 4.69) is 38.2 Å². The molecule has 5 nitrogen and oxygen atoms in total. The van der Waals surface area contributed by atoms with Crippen LogP contribution in [0.25, 0.3) is 0 Å². The van der Waals surface area contributed by atoms with Gasteiger partial charge in [0.2, 0.25) is 5.91 Å². The minimum absolute atomic E-state index is 0.109. The molecule has 1 amide bonds. The summed E-state index contributed by atoms with van der Waals surface area (Å²) in [6, 6.07) is 17.9. The third-order valence-corrected chi connectivity index (χ3v) is 5.01. The standard InChI is InChI=1S/C24H30N2O3/c1-4-24(2,3)20-8-10-21(11-9-20)28-16-17-29-22-7-5-6-19(18-22)13-15-26-23(27)12-14-25/h5-11,18H,4,12-13,15-17H2,1-3H3,(H,26,27). The topological polar surface area (TPSA) is 71.3 Å². The van der Waals surface area contributed by atoms with E-state index in [4.69, 9.17) is 14.7 Å². The summed E-state index contributed by atoms with van der Waals surface area (Å²) in [5.74, 6) is 1.36. The molecule has 0 saturated carbocycles. The number of rotatable bonds is 11. The van der Waals surface area contributed by atoms with Gasteiger partial charge in [0.1, 0.15) is 31.1 Å². The summed E-state index contributed by atoms with van der Waals surface area (Å²) in [6.07, 6.45) is 1.67. The van der Waals surface area contributed by atoms with Crippen LogP contribution in [-0.4, -0.2) is 25.7 Å². The van der Waals surface area contributed by atoms with Gasteiger partial charge in [-0.1, -0.05) is 45.0 Å². The second-order valence-corrected chi connectivity index (χ2v) is 7.54. The number of ether oxygens (including phenoxy) is 2. The first-order valence-corrected chi connectivity index (χ1v) is 10.0. The summed E-state index contributed by atoms with van der Waals surface area (Å²) in [4.78, 5) is 11.3. The van der Waals surface area contributed by atoms with Crippen LogP contribution >= 0.6 is 0 Å². The Morgan fingerprint density at radius 3 is 2.41 bits per heavy atom. The molecular weight excluding hydrogens is 364 g/mol. The first-order chi connectivity index (χ1) is 13.9. The van der Waals surface area contributed by atoms with Crippen LogP contribution in [0.2, 0.25) is 0 Å². The fourth-order valence-corrected chi connectivity index (χ4v) is 2.80. The lowest BCUT2D eigenvalue weighted by Crippen LogP contribution is -2.24. The van der Waals surface area contributed by atoms with Crippen molar-refractivity contribution in [2.24, 2.45) is 0 Å². The number of amides is 1. The summed E-state index contributed by atoms with van der Waals surface area (Å²) in [5, 5.41) is 11.2. The van der Waals surface area contributed by atoms with Crippen LogP contribution < -0.4 is 14.8 Å². The van der Waals surface area contributed by atoms with Gasteiger partial charge in [-0.2, -0.15) is 5.26 Å². The van der Waals surface area contributed by atoms with Crippen molar-refractivity contribution in [3.8, 4) is 17.6 Å². The van der Waals surface area contributed by atoms with Crippen LogP contribution in [0.1, 0.15) is 44.7 Å². The number of nitriles is 1. The van der Waals surface area contributed by atoms with Gasteiger partial charge in [0.25, 0.3) is 0 Å². The van der Waals surface area contributed by atoms with E-state index < -0.39 is 0 Å². The van der Waals surface area contributed by atoms with E-state index in [1.165, 1.54) is 5.56 Å². The predicted molar refractivity (Wildman–Crippen MR) is 114 cm³/mol. The maximum Gasteiger partial charge on any atom is 0.234 e. The molecule has 0 atom stereocenters. The van der Waals surface area contributed by atoms with Crippen LogP contribution in [0.3, 0.4) is 0 Å². The van der Waals surface area contributed by atoms with Gasteiger partial charge in [-0.3, -0.25) is 4.79 Å². The summed E-state index contributed by atoms with van der Waals surface area (Å²) in [6.45, 7) is 8.09. The van der Waals surface area contributed by atoms with Gasteiger partial charge in [0, 0.05) is 6.54 Å². The van der Waals surface area contributed by atoms with Gasteiger partial charge in [-0.25, -0.2) is 0 Å². The maximum atomic E-state index is 11.3. The van der Waals surface area contributed by atoms with Crippen molar-refractivity contribution in [3.63, 3.8) is 0 Å². The Morgan fingerprint density at radius 1 is 1.07 bits per heavy atom. The number of carbonyl (C=O) groups excluding carboxylic acids is 1. The predicted octanol–water partition coefficient (Wildman–Crippen LogP) is 4.40. The highest BCUT2D eigenvalue weighted by atomic mass is 16.5. The zero-order valence-electron chi connectivity index (χ0n) is 17.5. The normalized spacial score (nSPS) is 10.8. The molecule has 2 rings (SSSR count). The monoisotopic (exact) mass is 394 g/mol. The van der Waals surface area contributed by atoms with Gasteiger partial charge < -0.3 is 14.8 Å². The first-order valence-electron chi connectivity index (χ1n) is 10.0. The Balaban J connectivity index is 1.74. The van der Waals surface area contributed by atoms with E-state index in [1.54, 1.807) is 0 Å². The number of hydrogen-bond acceptors (Lipinski definition) is 4. The highest BCUT2D eigenvalue weighted by Gasteiger charge is 2.17. The van der Waals surface area contributed by atoms with Crippen LogP contribution in [0.4, 0.5) is 0 Å². The van der Waals surface area contributed by atoms with Crippen LogP contribution in [0.5, 0.6) is 11.5 Å². The number of benzene rings is 2. The molecule has 2 aromatic carbocycles. The first kappa shape index (κ1) is 22.3. The molecule has 0 saturated heterocycles. The highest BCUT2D eigenvalue weighted by molar-refractivity contribution is 5.77. The zero-order valence-corrected chi connectivity index (χ0v) is 17.5. The molecule has 0 unspecified atom stereocenters. The van der Waals surface area contributed by atoms with Crippen molar-refractivity contribution in [1.29, 1.82) is 5.26 Å². The highest BCUT2D eigenvalue weighted by Crippen LogP contribution is 2.28. The molecule has 0 spiro atoms. The third kappa shape index (κ3) is 7.50. The lowest BCUT2D eigenvalue weighted by Gasteiger charge is -2.23. The lowest BCUT2D eigenvalue weighted by molar-refractivity contribution is -0.120. The van der Waals surface area contributed by atoms with Gasteiger partial charge in [0.15, 0.2) is 0 Å². The van der Waals surface area contributed by atoms with E-state index in [1.807, 2.05) is 42.5 Å². The largest absolute Gasteiger partial charge is 0.490 e. The number of nitrogens with one attached hydrogen (secondary N) is 1. The number of nitrogens with zero attached hydrogens (tertiary/aromatic N) is 1. The van der Waals surface area contributed by atoms with Crippen molar-refractivity contribution in [2.75, 3.05) is 19.8 Å². The summed E-state index contributed by atoms with van der Waals surface area (Å²) in [5.41, 5.74) is 2.55. The Morgan fingerprint density at radius 2 is 1.76 bits per heavy atom. The Bertz CT molecular complexity index is 823. The molecule has 5 heteroatoms. The lowest BCUT2D eigenvalue weighted by atomic mass is 9.82. The molecule has 1 N–H and O–H groups in total. The van der Waals surface area contributed by atoms with Gasteiger partial charge in [-0.05, 0) is 53.6 Å². The van der Waals surface area contributed by atoms with Gasteiger partial charge in [-0.15, -0.1) is 0 Å². The minimum atomic E-state index is -0.247. The average molecular weight is 395 g/mol. The molecule has 29 heavy (non-hydrogen) atoms. The second-order valence-electron chi connectivity index (χ2n) is 7.54. The molecule has 0 aliphatic carbocycles. The smallest absolute Gasteiger partial charge is 0.234 e. The Kier molecular flexibility index (Phi) is 8.54. The summed E-state index contributed by atoms with van der Waals surface area (Å²) in [7, 11) is 0. The van der Waals surface area contributed by atoms with Crippen molar-refractivity contribution >= 4 is 5.91 Å². The van der Waals surface area contributed by atoms with Crippen molar-refractivity contribution in [2.45, 2.75) is 45.4 Å². The minimum Gasteiger partial charge on any atom is -0.490 e. The second kappa shape index (κ2) is 11.1. The van der Waals surface area contributed by atoms with Crippen LogP contribution in [0, 0.1) is 11.3 Å². The van der Waals surface area contributed by atoms with E-state index in [9.17, 15) is 4.79 Å². The average Bonchev–Trinajstić information content (AvgIpc) is 2.72. The summed E-state index contributed by atoms with van der Waals surface area (Å²) >= 11 is 0.